The van der Waals surface area contributed by atoms with E-state index >= 15 is 0 Å². The molecule has 2 rings (SSSR count). The monoisotopic (exact) mass is 222 g/mol. The number of aromatic nitrogens is 2. The average molecular weight is 222 g/mol. The van der Waals surface area contributed by atoms with E-state index in [2.05, 4.69) is 24.4 Å². The van der Waals surface area contributed by atoms with Gasteiger partial charge in [0.1, 0.15) is 0 Å². The molecule has 1 aliphatic carbocycles. The quantitative estimate of drug-likeness (QED) is 0.595. The molecule has 1 aromatic rings. The number of hydrogen-bond acceptors (Lipinski definition) is 3. The van der Waals surface area contributed by atoms with Crippen molar-refractivity contribution in [3.05, 3.63) is 17.0 Å². The number of hydrogen-bond donors (Lipinski definition) is 2. The molecule has 0 aliphatic heterocycles. The summed E-state index contributed by atoms with van der Waals surface area (Å²) in [5, 5.41) is 4.45. The smallest absolute Gasteiger partial charge is 0.0628 e. The van der Waals surface area contributed by atoms with Crippen LogP contribution in [0.25, 0.3) is 0 Å². The average Bonchev–Trinajstić information content (AvgIpc) is 2.40. The zero-order valence-corrected chi connectivity index (χ0v) is 10.5. The Morgan fingerprint density at radius 3 is 2.56 bits per heavy atom. The first-order valence-electron chi connectivity index (χ1n) is 6.08. The highest BCUT2D eigenvalue weighted by atomic mass is 15.3. The van der Waals surface area contributed by atoms with Crippen LogP contribution >= 0.6 is 0 Å². The molecular formula is C12H22N4. The van der Waals surface area contributed by atoms with Gasteiger partial charge in [-0.2, -0.15) is 5.10 Å². The molecule has 0 spiro atoms. The summed E-state index contributed by atoms with van der Waals surface area (Å²) < 4.78 is 1.96. The first-order valence-corrected chi connectivity index (χ1v) is 6.08. The summed E-state index contributed by atoms with van der Waals surface area (Å²) in [5.41, 5.74) is 6.74. The van der Waals surface area contributed by atoms with Gasteiger partial charge in [0.05, 0.1) is 5.69 Å². The van der Waals surface area contributed by atoms with Gasteiger partial charge in [0.15, 0.2) is 0 Å². The Labute approximate surface area is 97.2 Å². The highest BCUT2D eigenvalue weighted by Gasteiger charge is 2.27. The van der Waals surface area contributed by atoms with Gasteiger partial charge >= 0.3 is 0 Å². The van der Waals surface area contributed by atoms with E-state index in [1.54, 1.807) is 0 Å². The van der Waals surface area contributed by atoms with Crippen LogP contribution in [0.15, 0.2) is 0 Å². The minimum absolute atomic E-state index is 0.412. The highest BCUT2D eigenvalue weighted by molar-refractivity contribution is 5.25. The van der Waals surface area contributed by atoms with Gasteiger partial charge in [0, 0.05) is 18.8 Å². The van der Waals surface area contributed by atoms with E-state index in [9.17, 15) is 0 Å². The third-order valence-electron chi connectivity index (χ3n) is 4.02. The summed E-state index contributed by atoms with van der Waals surface area (Å²) in [5.74, 6) is 6.41. The Morgan fingerprint density at radius 1 is 1.50 bits per heavy atom. The third kappa shape index (κ3) is 1.99. The Hall–Kier alpha value is -0.870. The molecule has 4 heteroatoms. The molecule has 0 amide bonds. The molecule has 1 saturated carbocycles. The van der Waals surface area contributed by atoms with Crippen molar-refractivity contribution >= 4 is 0 Å². The van der Waals surface area contributed by atoms with Gasteiger partial charge in [-0.15, -0.1) is 0 Å². The van der Waals surface area contributed by atoms with Crippen LogP contribution in [0.1, 0.15) is 36.2 Å². The molecule has 1 atom stereocenters. The van der Waals surface area contributed by atoms with Gasteiger partial charge in [0.25, 0.3) is 0 Å². The molecule has 0 radical (unpaired) electrons. The molecule has 4 nitrogen and oxygen atoms in total. The second-order valence-corrected chi connectivity index (χ2v) is 4.94. The zero-order valence-electron chi connectivity index (χ0n) is 10.5. The second kappa shape index (κ2) is 4.55. The number of aryl methyl sites for hydroxylation is 2. The molecule has 1 aliphatic rings. The Balaban J connectivity index is 2.11. The SMILES string of the molecule is Cc1nn(C)c(C)c1CC(NN)C1CCC1. The molecule has 0 bridgehead atoms. The van der Waals surface area contributed by atoms with Crippen molar-refractivity contribution in [3.8, 4) is 0 Å². The fourth-order valence-electron chi connectivity index (χ4n) is 2.54. The molecule has 90 valence electrons. The highest BCUT2D eigenvalue weighted by Crippen LogP contribution is 2.31. The van der Waals surface area contributed by atoms with E-state index in [-0.39, 0.29) is 0 Å². The summed E-state index contributed by atoms with van der Waals surface area (Å²) >= 11 is 0. The van der Waals surface area contributed by atoms with Gasteiger partial charge in [-0.1, -0.05) is 6.42 Å². The predicted octanol–water partition coefficient (Wildman–Crippen LogP) is 1.21. The van der Waals surface area contributed by atoms with Crippen molar-refractivity contribution in [2.45, 2.75) is 45.6 Å². The molecular weight excluding hydrogens is 200 g/mol. The lowest BCUT2D eigenvalue weighted by atomic mass is 9.78. The lowest BCUT2D eigenvalue weighted by Crippen LogP contribution is -2.45. The Bertz CT molecular complexity index is 365. The number of nitrogens with two attached hydrogens (primary N) is 1. The van der Waals surface area contributed by atoms with Crippen LogP contribution in [0.4, 0.5) is 0 Å². The van der Waals surface area contributed by atoms with E-state index in [1.807, 2.05) is 11.7 Å². The zero-order chi connectivity index (χ0) is 11.7. The van der Waals surface area contributed by atoms with Crippen LogP contribution in [0.5, 0.6) is 0 Å². The molecule has 3 N–H and O–H groups in total. The lowest BCUT2D eigenvalue weighted by Gasteiger charge is -2.33. The summed E-state index contributed by atoms with van der Waals surface area (Å²) in [6.45, 7) is 4.21. The topological polar surface area (TPSA) is 55.9 Å². The minimum atomic E-state index is 0.412. The largest absolute Gasteiger partial charge is 0.272 e. The number of rotatable bonds is 4. The Kier molecular flexibility index (Phi) is 3.30. The first-order chi connectivity index (χ1) is 7.63. The van der Waals surface area contributed by atoms with Crippen molar-refractivity contribution in [2.75, 3.05) is 0 Å². The fourth-order valence-corrected chi connectivity index (χ4v) is 2.54. The molecule has 1 heterocycles. The number of nitrogens with one attached hydrogen (secondary N) is 1. The van der Waals surface area contributed by atoms with Crippen LogP contribution in [-0.4, -0.2) is 15.8 Å². The Morgan fingerprint density at radius 2 is 2.19 bits per heavy atom. The van der Waals surface area contributed by atoms with Crippen molar-refractivity contribution in [2.24, 2.45) is 18.8 Å². The standard InChI is InChI=1S/C12H22N4/c1-8-11(9(2)16(3)15-8)7-12(14-13)10-5-4-6-10/h10,12,14H,4-7,13H2,1-3H3. The van der Waals surface area contributed by atoms with Gasteiger partial charge in [-0.3, -0.25) is 16.0 Å². The van der Waals surface area contributed by atoms with E-state index in [1.165, 1.54) is 30.5 Å². The number of hydrazine groups is 1. The summed E-state index contributed by atoms with van der Waals surface area (Å²) in [6, 6.07) is 0.412. The lowest BCUT2D eigenvalue weighted by molar-refractivity contribution is 0.228. The maximum absolute atomic E-state index is 5.66. The summed E-state index contributed by atoms with van der Waals surface area (Å²) in [4.78, 5) is 0. The van der Waals surface area contributed by atoms with Crippen molar-refractivity contribution in [1.82, 2.24) is 15.2 Å². The molecule has 0 saturated heterocycles. The van der Waals surface area contributed by atoms with Crippen LogP contribution in [-0.2, 0) is 13.5 Å². The second-order valence-electron chi connectivity index (χ2n) is 4.94. The molecule has 16 heavy (non-hydrogen) atoms. The maximum Gasteiger partial charge on any atom is 0.0628 e. The molecule has 1 fully saturated rings. The van der Waals surface area contributed by atoms with Crippen LogP contribution in [0, 0.1) is 19.8 Å². The van der Waals surface area contributed by atoms with Gasteiger partial charge in [0.2, 0.25) is 0 Å². The third-order valence-corrected chi connectivity index (χ3v) is 4.02. The van der Waals surface area contributed by atoms with Gasteiger partial charge in [-0.25, -0.2) is 0 Å². The van der Waals surface area contributed by atoms with E-state index in [4.69, 9.17) is 5.84 Å². The fraction of sp³-hybridized carbons (Fsp3) is 0.750. The van der Waals surface area contributed by atoms with Gasteiger partial charge in [-0.05, 0) is 44.6 Å². The normalized spacial score (nSPS) is 18.5. The predicted molar refractivity (Wildman–Crippen MR) is 64.8 cm³/mol. The van der Waals surface area contributed by atoms with Crippen LogP contribution < -0.4 is 11.3 Å². The first kappa shape index (κ1) is 11.6. The van der Waals surface area contributed by atoms with E-state index in [0.29, 0.717) is 6.04 Å². The van der Waals surface area contributed by atoms with Crippen molar-refractivity contribution in [3.63, 3.8) is 0 Å². The van der Waals surface area contributed by atoms with Crippen LogP contribution in [0.3, 0.4) is 0 Å². The minimum Gasteiger partial charge on any atom is -0.272 e. The number of nitrogens with zero attached hydrogens (tertiary/aromatic N) is 2. The molecule has 0 aromatic carbocycles. The summed E-state index contributed by atoms with van der Waals surface area (Å²) in [7, 11) is 2.00. The van der Waals surface area contributed by atoms with E-state index in [0.717, 1.165) is 18.0 Å². The summed E-state index contributed by atoms with van der Waals surface area (Å²) in [6.07, 6.45) is 4.99. The maximum atomic E-state index is 5.66. The molecule has 1 aromatic heterocycles. The van der Waals surface area contributed by atoms with E-state index < -0.39 is 0 Å². The van der Waals surface area contributed by atoms with Crippen molar-refractivity contribution < 1.29 is 0 Å². The van der Waals surface area contributed by atoms with Crippen LogP contribution in [0.2, 0.25) is 0 Å². The molecule has 1 unspecified atom stereocenters. The van der Waals surface area contributed by atoms with Crippen molar-refractivity contribution in [1.29, 1.82) is 0 Å². The van der Waals surface area contributed by atoms with Gasteiger partial charge < -0.3 is 0 Å².